The van der Waals surface area contributed by atoms with Crippen molar-refractivity contribution in [2.75, 3.05) is 7.11 Å². The van der Waals surface area contributed by atoms with Gasteiger partial charge in [0.25, 0.3) is 0 Å². The van der Waals surface area contributed by atoms with Crippen molar-refractivity contribution in [2.45, 2.75) is 111 Å². The van der Waals surface area contributed by atoms with Crippen molar-refractivity contribution < 1.29 is 4.74 Å². The molecule has 5 aliphatic rings. The summed E-state index contributed by atoms with van der Waals surface area (Å²) in [5.74, 6) is 6.68. The van der Waals surface area contributed by atoms with Crippen molar-refractivity contribution in [1.82, 2.24) is 0 Å². The van der Waals surface area contributed by atoms with E-state index in [9.17, 15) is 0 Å². The lowest BCUT2D eigenvalue weighted by Crippen LogP contribution is -2.57. The predicted molar refractivity (Wildman–Crippen MR) is 122 cm³/mol. The van der Waals surface area contributed by atoms with E-state index in [0.717, 1.165) is 41.4 Å². The van der Waals surface area contributed by atoms with Crippen LogP contribution >= 0.6 is 0 Å². The van der Waals surface area contributed by atoms with E-state index in [1.54, 1.807) is 0 Å². The fourth-order valence-electron chi connectivity index (χ4n) is 10.6. The molecule has 0 saturated heterocycles. The van der Waals surface area contributed by atoms with E-state index < -0.39 is 0 Å². The quantitative estimate of drug-likeness (QED) is 0.443. The van der Waals surface area contributed by atoms with Crippen LogP contribution in [0.3, 0.4) is 0 Å². The molecule has 5 saturated carbocycles. The highest BCUT2D eigenvalue weighted by atomic mass is 16.5. The molecule has 0 heterocycles. The second-order valence-electron chi connectivity index (χ2n) is 13.3. The lowest BCUT2D eigenvalue weighted by molar-refractivity contribution is -0.161. The van der Waals surface area contributed by atoms with Gasteiger partial charge in [0.1, 0.15) is 0 Å². The molecule has 5 aliphatic carbocycles. The summed E-state index contributed by atoms with van der Waals surface area (Å²) in [5, 5.41) is 0. The molecule has 0 bridgehead atoms. The lowest BCUT2D eigenvalue weighted by atomic mass is 9.45. The number of fused-ring (bicyclic) bond motifs is 4. The van der Waals surface area contributed by atoms with E-state index in [4.69, 9.17) is 4.74 Å². The van der Waals surface area contributed by atoms with E-state index >= 15 is 0 Å². The summed E-state index contributed by atoms with van der Waals surface area (Å²) < 4.78 is 6.30. The van der Waals surface area contributed by atoms with Crippen molar-refractivity contribution >= 4 is 0 Å². The minimum absolute atomic E-state index is 0.561. The van der Waals surface area contributed by atoms with Gasteiger partial charge in [0.05, 0.1) is 6.10 Å². The molecule has 29 heavy (non-hydrogen) atoms. The fourth-order valence-corrected chi connectivity index (χ4v) is 10.6. The number of hydrogen-bond donors (Lipinski definition) is 0. The standard InChI is InChI=1S/C28H48O/c1-18(2)8-7-9-19(3)22-10-11-23-21-16-25(29-6)28-17-20(28)12-15-27(28,5)24(21)13-14-26(22,23)4/h18-25H,7-17H2,1-6H3/t19-,20+,21-,22+,23-,24-,25+,26+,27+,28-/m0/s1. The van der Waals surface area contributed by atoms with Crippen LogP contribution in [0, 0.1) is 57.7 Å². The molecule has 0 amide bonds. The van der Waals surface area contributed by atoms with Crippen molar-refractivity contribution in [3.05, 3.63) is 0 Å². The highest BCUT2D eigenvalue weighted by Crippen LogP contribution is 2.82. The van der Waals surface area contributed by atoms with Gasteiger partial charge in [0, 0.05) is 12.5 Å². The average Bonchev–Trinajstić information content (AvgIpc) is 3.18. The Morgan fingerprint density at radius 2 is 1.72 bits per heavy atom. The summed E-state index contributed by atoms with van der Waals surface area (Å²) in [4.78, 5) is 0. The highest BCUT2D eigenvalue weighted by Gasteiger charge is 2.77. The van der Waals surface area contributed by atoms with Crippen LogP contribution in [0.2, 0.25) is 0 Å². The van der Waals surface area contributed by atoms with Gasteiger partial charge < -0.3 is 4.74 Å². The Labute approximate surface area is 181 Å². The summed E-state index contributed by atoms with van der Waals surface area (Å²) in [6.45, 7) is 12.8. The van der Waals surface area contributed by atoms with Gasteiger partial charge in [0.15, 0.2) is 0 Å². The number of ether oxygens (including phenoxy) is 1. The van der Waals surface area contributed by atoms with Gasteiger partial charge in [-0.25, -0.2) is 0 Å². The summed E-state index contributed by atoms with van der Waals surface area (Å²) in [6, 6.07) is 0. The number of rotatable bonds is 6. The van der Waals surface area contributed by atoms with Crippen molar-refractivity contribution in [1.29, 1.82) is 0 Å². The van der Waals surface area contributed by atoms with Crippen LogP contribution in [0.1, 0.15) is 105 Å². The Morgan fingerprint density at radius 3 is 2.41 bits per heavy atom. The van der Waals surface area contributed by atoms with Gasteiger partial charge in [-0.3, -0.25) is 0 Å². The number of hydrogen-bond acceptors (Lipinski definition) is 1. The average molecular weight is 401 g/mol. The Balaban J connectivity index is 1.35. The minimum atomic E-state index is 0.561. The normalized spacial score (nSPS) is 53.9. The molecule has 0 radical (unpaired) electrons. The van der Waals surface area contributed by atoms with Gasteiger partial charge in [0.2, 0.25) is 0 Å². The maximum absolute atomic E-state index is 6.30. The molecule has 0 N–H and O–H groups in total. The summed E-state index contributed by atoms with van der Waals surface area (Å²) in [7, 11) is 2.03. The Bertz CT molecular complexity index is 626. The van der Waals surface area contributed by atoms with Crippen LogP contribution < -0.4 is 0 Å². The first-order valence-electron chi connectivity index (χ1n) is 13.3. The zero-order valence-corrected chi connectivity index (χ0v) is 20.3. The Hall–Kier alpha value is -0.0400. The van der Waals surface area contributed by atoms with Gasteiger partial charge >= 0.3 is 0 Å². The zero-order chi connectivity index (χ0) is 20.6. The molecule has 1 heteroatoms. The fraction of sp³-hybridized carbons (Fsp3) is 1.00. The van der Waals surface area contributed by atoms with Crippen LogP contribution in [0.15, 0.2) is 0 Å². The summed E-state index contributed by atoms with van der Waals surface area (Å²) >= 11 is 0. The largest absolute Gasteiger partial charge is 0.381 e. The number of methoxy groups -OCH3 is 1. The van der Waals surface area contributed by atoms with Crippen LogP contribution in [0.5, 0.6) is 0 Å². The first-order chi connectivity index (χ1) is 13.8. The molecule has 0 aromatic carbocycles. The highest BCUT2D eigenvalue weighted by molar-refractivity contribution is 5.26. The second-order valence-corrected chi connectivity index (χ2v) is 13.3. The molecule has 10 atom stereocenters. The maximum atomic E-state index is 6.30. The van der Waals surface area contributed by atoms with Crippen LogP contribution in [0.4, 0.5) is 0 Å². The second kappa shape index (κ2) is 6.98. The Kier molecular flexibility index (Phi) is 5.02. The lowest BCUT2D eigenvalue weighted by Gasteiger charge is -2.61. The van der Waals surface area contributed by atoms with Gasteiger partial charge in [-0.05, 0) is 104 Å². The van der Waals surface area contributed by atoms with Gasteiger partial charge in [-0.2, -0.15) is 0 Å². The zero-order valence-electron chi connectivity index (χ0n) is 20.3. The molecule has 0 aliphatic heterocycles. The van der Waals surface area contributed by atoms with Crippen LogP contribution in [-0.2, 0) is 4.74 Å². The van der Waals surface area contributed by atoms with E-state index in [0.29, 0.717) is 22.3 Å². The molecule has 0 aromatic heterocycles. The molecule has 1 spiro atoms. The molecule has 166 valence electrons. The van der Waals surface area contributed by atoms with E-state index in [2.05, 4.69) is 34.6 Å². The first kappa shape index (κ1) is 20.8. The third kappa shape index (κ3) is 2.74. The van der Waals surface area contributed by atoms with Crippen molar-refractivity contribution in [3.63, 3.8) is 0 Å². The smallest absolute Gasteiger partial charge is 0.0638 e. The maximum Gasteiger partial charge on any atom is 0.0638 e. The SMILES string of the molecule is CO[C@@H]1C[C@H]2[C@@H]3CC[C@H]([C@@H](C)CCCC(C)C)[C@@]3(C)CC[C@@H]2[C@@]2(C)CC[C@@H]3C[C@]312. The minimum Gasteiger partial charge on any atom is -0.381 e. The van der Waals surface area contributed by atoms with Gasteiger partial charge in [-0.15, -0.1) is 0 Å². The monoisotopic (exact) mass is 400 g/mol. The van der Waals surface area contributed by atoms with Crippen LogP contribution in [0.25, 0.3) is 0 Å². The van der Waals surface area contributed by atoms with Crippen molar-refractivity contribution in [3.8, 4) is 0 Å². The third-order valence-electron chi connectivity index (χ3n) is 12.0. The topological polar surface area (TPSA) is 9.23 Å². The molecule has 0 aromatic rings. The third-order valence-corrected chi connectivity index (χ3v) is 12.0. The molecule has 1 nitrogen and oxygen atoms in total. The van der Waals surface area contributed by atoms with Crippen molar-refractivity contribution in [2.24, 2.45) is 57.7 Å². The molecular weight excluding hydrogens is 352 g/mol. The van der Waals surface area contributed by atoms with E-state index in [-0.39, 0.29) is 0 Å². The summed E-state index contributed by atoms with van der Waals surface area (Å²) in [5.41, 5.74) is 1.78. The van der Waals surface area contributed by atoms with Gasteiger partial charge in [-0.1, -0.05) is 53.9 Å². The Morgan fingerprint density at radius 1 is 0.931 bits per heavy atom. The molecular formula is C28H48O. The molecule has 0 unspecified atom stereocenters. The summed E-state index contributed by atoms with van der Waals surface area (Å²) in [6.07, 6.45) is 16.8. The molecule has 5 fully saturated rings. The predicted octanol–water partition coefficient (Wildman–Crippen LogP) is 7.73. The van der Waals surface area contributed by atoms with E-state index in [1.807, 2.05) is 7.11 Å². The van der Waals surface area contributed by atoms with Crippen LogP contribution in [-0.4, -0.2) is 13.2 Å². The molecule has 5 rings (SSSR count). The first-order valence-corrected chi connectivity index (χ1v) is 13.3. The van der Waals surface area contributed by atoms with E-state index in [1.165, 1.54) is 70.6 Å².